The molecule has 1 heterocycles. The first-order chi connectivity index (χ1) is 9.10. The third-order valence-corrected chi connectivity index (χ3v) is 4.03. The van der Waals surface area contributed by atoms with Gasteiger partial charge in [-0.25, -0.2) is 0 Å². The third-order valence-electron chi connectivity index (χ3n) is 2.70. The molecule has 110 valence electrons. The maximum Gasteiger partial charge on any atom is 0.0985 e. The molecular formula is C12H23N3O3S. The average Bonchev–Trinajstić information content (AvgIpc) is 2.66. The van der Waals surface area contributed by atoms with Crippen LogP contribution in [0.4, 0.5) is 0 Å². The fourth-order valence-electron chi connectivity index (χ4n) is 1.68. The Kier molecular flexibility index (Phi) is 7.40. The van der Waals surface area contributed by atoms with E-state index in [1.54, 1.807) is 7.11 Å². The van der Waals surface area contributed by atoms with Crippen LogP contribution in [-0.4, -0.2) is 58.7 Å². The van der Waals surface area contributed by atoms with Gasteiger partial charge in [-0.05, 0) is 6.92 Å². The SMILES string of the molecule is COCCNCc1c(C)nn(C)c1SCC(O)CO. The number of aryl methyl sites for hydroxylation is 2. The van der Waals surface area contributed by atoms with E-state index in [4.69, 9.17) is 9.84 Å². The van der Waals surface area contributed by atoms with E-state index in [0.717, 1.165) is 29.4 Å². The van der Waals surface area contributed by atoms with Gasteiger partial charge in [-0.2, -0.15) is 5.10 Å². The fourth-order valence-corrected chi connectivity index (χ4v) is 2.76. The lowest BCUT2D eigenvalue weighted by molar-refractivity contribution is 0.113. The monoisotopic (exact) mass is 289 g/mol. The van der Waals surface area contributed by atoms with E-state index >= 15 is 0 Å². The van der Waals surface area contributed by atoms with E-state index in [9.17, 15) is 5.11 Å². The Labute approximate surface area is 118 Å². The minimum absolute atomic E-state index is 0.217. The molecule has 0 spiro atoms. The summed E-state index contributed by atoms with van der Waals surface area (Å²) in [5, 5.41) is 27.0. The van der Waals surface area contributed by atoms with Crippen LogP contribution in [0, 0.1) is 6.92 Å². The summed E-state index contributed by atoms with van der Waals surface area (Å²) in [5.41, 5.74) is 2.11. The highest BCUT2D eigenvalue weighted by Gasteiger charge is 2.14. The summed E-state index contributed by atoms with van der Waals surface area (Å²) in [6.45, 7) is 3.94. The lowest BCUT2D eigenvalue weighted by atomic mass is 10.2. The molecule has 1 aromatic heterocycles. The number of methoxy groups -OCH3 is 1. The van der Waals surface area contributed by atoms with Crippen molar-refractivity contribution in [1.82, 2.24) is 15.1 Å². The molecule has 19 heavy (non-hydrogen) atoms. The second-order valence-electron chi connectivity index (χ2n) is 4.31. The van der Waals surface area contributed by atoms with Gasteiger partial charge in [0.05, 0.1) is 30.0 Å². The molecule has 0 aliphatic carbocycles. The average molecular weight is 289 g/mol. The van der Waals surface area contributed by atoms with E-state index in [-0.39, 0.29) is 6.61 Å². The highest BCUT2D eigenvalue weighted by atomic mass is 32.2. The zero-order chi connectivity index (χ0) is 14.3. The van der Waals surface area contributed by atoms with Crippen LogP contribution in [0.2, 0.25) is 0 Å². The first-order valence-corrected chi connectivity index (χ1v) is 7.22. The molecule has 1 atom stereocenters. The highest BCUT2D eigenvalue weighted by molar-refractivity contribution is 7.99. The lowest BCUT2D eigenvalue weighted by Gasteiger charge is -2.10. The number of nitrogens with zero attached hydrogens (tertiary/aromatic N) is 2. The molecule has 1 aromatic rings. The van der Waals surface area contributed by atoms with Crippen LogP contribution in [0.1, 0.15) is 11.3 Å². The zero-order valence-electron chi connectivity index (χ0n) is 11.7. The molecule has 0 aliphatic rings. The molecule has 0 fully saturated rings. The first-order valence-electron chi connectivity index (χ1n) is 6.24. The van der Waals surface area contributed by atoms with Crippen LogP contribution in [0.25, 0.3) is 0 Å². The summed E-state index contributed by atoms with van der Waals surface area (Å²) in [4.78, 5) is 0. The lowest BCUT2D eigenvalue weighted by Crippen LogP contribution is -2.19. The number of aliphatic hydroxyl groups excluding tert-OH is 2. The van der Waals surface area contributed by atoms with Crippen molar-refractivity contribution < 1.29 is 14.9 Å². The number of hydrogen-bond acceptors (Lipinski definition) is 6. The van der Waals surface area contributed by atoms with Gasteiger partial charge in [0, 0.05) is 38.6 Å². The number of aromatic nitrogens is 2. The second-order valence-corrected chi connectivity index (χ2v) is 5.32. The summed E-state index contributed by atoms with van der Waals surface area (Å²) in [7, 11) is 3.56. The van der Waals surface area contributed by atoms with Crippen molar-refractivity contribution in [2.24, 2.45) is 7.05 Å². The van der Waals surface area contributed by atoms with Gasteiger partial charge < -0.3 is 20.3 Å². The van der Waals surface area contributed by atoms with Gasteiger partial charge >= 0.3 is 0 Å². The van der Waals surface area contributed by atoms with Gasteiger partial charge in [-0.15, -0.1) is 11.8 Å². The Morgan fingerprint density at radius 1 is 1.53 bits per heavy atom. The van der Waals surface area contributed by atoms with E-state index in [0.29, 0.717) is 12.4 Å². The van der Waals surface area contributed by atoms with E-state index in [1.165, 1.54) is 11.8 Å². The van der Waals surface area contributed by atoms with Crippen molar-refractivity contribution in [3.63, 3.8) is 0 Å². The molecule has 0 saturated carbocycles. The molecule has 1 unspecified atom stereocenters. The molecule has 1 rings (SSSR count). The molecule has 7 heteroatoms. The Balaban J connectivity index is 2.62. The Morgan fingerprint density at radius 3 is 2.89 bits per heavy atom. The smallest absolute Gasteiger partial charge is 0.0985 e. The van der Waals surface area contributed by atoms with E-state index in [2.05, 4.69) is 10.4 Å². The molecule has 3 N–H and O–H groups in total. The van der Waals surface area contributed by atoms with Crippen molar-refractivity contribution in [2.75, 3.05) is 32.6 Å². The molecule has 0 amide bonds. The number of aliphatic hydroxyl groups is 2. The van der Waals surface area contributed by atoms with E-state index < -0.39 is 6.10 Å². The predicted molar refractivity (Wildman–Crippen MR) is 75.3 cm³/mol. The van der Waals surface area contributed by atoms with Gasteiger partial charge in [-0.1, -0.05) is 0 Å². The van der Waals surface area contributed by atoms with Crippen molar-refractivity contribution in [2.45, 2.75) is 24.6 Å². The number of nitrogens with one attached hydrogen (secondary N) is 1. The van der Waals surface area contributed by atoms with Crippen LogP contribution >= 0.6 is 11.8 Å². The molecule has 6 nitrogen and oxygen atoms in total. The van der Waals surface area contributed by atoms with Gasteiger partial charge in [-0.3, -0.25) is 4.68 Å². The second kappa shape index (κ2) is 8.55. The van der Waals surface area contributed by atoms with Crippen LogP contribution in [0.5, 0.6) is 0 Å². The van der Waals surface area contributed by atoms with Crippen LogP contribution < -0.4 is 5.32 Å². The summed E-state index contributed by atoms with van der Waals surface area (Å²) >= 11 is 1.51. The summed E-state index contributed by atoms with van der Waals surface area (Å²) < 4.78 is 6.81. The summed E-state index contributed by atoms with van der Waals surface area (Å²) in [6.07, 6.45) is -0.700. The number of rotatable bonds is 9. The predicted octanol–water partition coefficient (Wildman–Crippen LogP) is -0.0902. The van der Waals surface area contributed by atoms with E-state index in [1.807, 2.05) is 18.7 Å². The molecular weight excluding hydrogens is 266 g/mol. The largest absolute Gasteiger partial charge is 0.394 e. The number of hydrogen-bond donors (Lipinski definition) is 3. The third kappa shape index (κ3) is 5.12. The van der Waals surface area contributed by atoms with Crippen molar-refractivity contribution in [3.05, 3.63) is 11.3 Å². The van der Waals surface area contributed by atoms with Gasteiger partial charge in [0.2, 0.25) is 0 Å². The Bertz CT molecular complexity index is 385. The number of ether oxygens (including phenoxy) is 1. The van der Waals surface area contributed by atoms with Crippen LogP contribution in [-0.2, 0) is 18.3 Å². The standard InChI is InChI=1S/C12H23N3O3S/c1-9-11(6-13-4-5-18-3)12(15(2)14-9)19-8-10(17)7-16/h10,13,16-17H,4-8H2,1-3H3. The normalized spacial score (nSPS) is 12.9. The van der Waals surface area contributed by atoms with Gasteiger partial charge in [0.25, 0.3) is 0 Å². The maximum atomic E-state index is 9.42. The quantitative estimate of drug-likeness (QED) is 0.435. The Hall–Kier alpha value is -0.600. The van der Waals surface area contributed by atoms with Crippen molar-refractivity contribution in [1.29, 1.82) is 0 Å². The van der Waals surface area contributed by atoms with Gasteiger partial charge in [0.15, 0.2) is 0 Å². The van der Waals surface area contributed by atoms with Crippen molar-refractivity contribution in [3.8, 4) is 0 Å². The molecule has 0 bridgehead atoms. The molecule has 0 aromatic carbocycles. The first kappa shape index (κ1) is 16.5. The molecule has 0 saturated heterocycles. The minimum atomic E-state index is -0.700. The molecule has 0 aliphatic heterocycles. The Morgan fingerprint density at radius 2 is 2.26 bits per heavy atom. The minimum Gasteiger partial charge on any atom is -0.394 e. The van der Waals surface area contributed by atoms with Crippen LogP contribution in [0.15, 0.2) is 5.03 Å². The van der Waals surface area contributed by atoms with Crippen LogP contribution in [0.3, 0.4) is 0 Å². The zero-order valence-corrected chi connectivity index (χ0v) is 12.5. The number of thioether (sulfide) groups is 1. The fraction of sp³-hybridized carbons (Fsp3) is 0.750. The summed E-state index contributed by atoms with van der Waals surface area (Å²) in [5.74, 6) is 0.459. The maximum absolute atomic E-state index is 9.42. The highest BCUT2D eigenvalue weighted by Crippen LogP contribution is 2.25. The summed E-state index contributed by atoms with van der Waals surface area (Å²) in [6, 6.07) is 0. The topological polar surface area (TPSA) is 79.5 Å². The van der Waals surface area contributed by atoms with Gasteiger partial charge in [0.1, 0.15) is 0 Å². The van der Waals surface area contributed by atoms with Crippen molar-refractivity contribution >= 4 is 11.8 Å². The molecule has 0 radical (unpaired) electrons.